The van der Waals surface area contributed by atoms with Gasteiger partial charge in [-0.1, -0.05) is 5.57 Å². The molecule has 2 aliphatic rings. The molecule has 2 fully saturated rings. The van der Waals surface area contributed by atoms with Gasteiger partial charge in [0.05, 0.1) is 0 Å². The van der Waals surface area contributed by atoms with Gasteiger partial charge in [-0.05, 0) is 60.1 Å². The first-order chi connectivity index (χ1) is 10.9. The number of carbonyl (C=O) groups excluding carboxylic acids is 1. The second-order valence-electron chi connectivity index (χ2n) is 7.23. The zero-order valence-electron chi connectivity index (χ0n) is 14.5. The highest BCUT2D eigenvalue weighted by Gasteiger charge is 2.64. The van der Waals surface area contributed by atoms with Crippen molar-refractivity contribution in [3.63, 3.8) is 0 Å². The van der Waals surface area contributed by atoms with Crippen LogP contribution in [0.15, 0.2) is 27.5 Å². The van der Waals surface area contributed by atoms with E-state index >= 15 is 0 Å². The summed E-state index contributed by atoms with van der Waals surface area (Å²) in [5.41, 5.74) is -0.793. The molecule has 0 unspecified atom stereocenters. The van der Waals surface area contributed by atoms with Crippen LogP contribution in [-0.2, 0) is 4.79 Å². The Labute approximate surface area is 140 Å². The van der Waals surface area contributed by atoms with Gasteiger partial charge in [-0.3, -0.25) is 4.79 Å². The maximum Gasteiger partial charge on any atom is 0.411 e. The molecule has 134 valence electrons. The van der Waals surface area contributed by atoms with E-state index in [1.165, 1.54) is 0 Å². The van der Waals surface area contributed by atoms with Crippen molar-refractivity contribution in [2.24, 2.45) is 4.99 Å². The third kappa shape index (κ3) is 3.65. The van der Waals surface area contributed by atoms with Gasteiger partial charge in [-0.2, -0.15) is 13.2 Å². The van der Waals surface area contributed by atoms with Crippen molar-refractivity contribution in [3.05, 3.63) is 22.5 Å². The summed E-state index contributed by atoms with van der Waals surface area (Å²) >= 11 is 0. The summed E-state index contributed by atoms with van der Waals surface area (Å²) in [5.74, 6) is -0.274. The molecule has 0 atom stereocenters. The molecule has 0 spiro atoms. The van der Waals surface area contributed by atoms with Gasteiger partial charge in [-0.15, -0.1) is 0 Å². The highest BCUT2D eigenvalue weighted by atomic mass is 19.4. The van der Waals surface area contributed by atoms with Crippen LogP contribution in [0.3, 0.4) is 0 Å². The van der Waals surface area contributed by atoms with Gasteiger partial charge in [0, 0.05) is 16.7 Å². The first kappa shape index (κ1) is 18.5. The lowest BCUT2D eigenvalue weighted by atomic mass is 10.0. The van der Waals surface area contributed by atoms with E-state index in [0.717, 1.165) is 12.8 Å². The van der Waals surface area contributed by atoms with Crippen LogP contribution in [0.4, 0.5) is 13.2 Å². The molecule has 24 heavy (non-hydrogen) atoms. The fourth-order valence-corrected chi connectivity index (χ4v) is 2.63. The molecule has 0 aromatic carbocycles. The number of nitrogens with zero attached hydrogens (tertiary/aromatic N) is 1. The van der Waals surface area contributed by atoms with E-state index in [4.69, 9.17) is 0 Å². The van der Waals surface area contributed by atoms with Gasteiger partial charge in [0.25, 0.3) is 5.91 Å². The maximum atomic E-state index is 13.1. The number of alkyl halides is 3. The van der Waals surface area contributed by atoms with E-state index in [-0.39, 0.29) is 24.0 Å². The molecule has 0 radical (unpaired) electrons. The molecule has 4 nitrogen and oxygen atoms in total. The number of aliphatic imine (C=N–C) groups is 1. The van der Waals surface area contributed by atoms with Crippen LogP contribution in [0.25, 0.3) is 0 Å². The number of hydrogen-bond donors (Lipinski definition) is 2. The van der Waals surface area contributed by atoms with Crippen molar-refractivity contribution in [1.29, 1.82) is 0 Å². The quantitative estimate of drug-likeness (QED) is 0.440. The predicted molar refractivity (Wildman–Crippen MR) is 87.6 cm³/mol. The fraction of sp³-hybridized carbons (Fsp3) is 0.647. The van der Waals surface area contributed by atoms with Gasteiger partial charge in [-0.25, -0.2) is 4.99 Å². The Morgan fingerprint density at radius 2 is 1.62 bits per heavy atom. The molecule has 0 aromatic rings. The predicted octanol–water partition coefficient (Wildman–Crippen LogP) is 3.61. The Hall–Kier alpha value is -1.79. The Morgan fingerprint density at radius 1 is 1.08 bits per heavy atom. The van der Waals surface area contributed by atoms with Crippen molar-refractivity contribution in [1.82, 2.24) is 10.6 Å². The van der Waals surface area contributed by atoms with Crippen LogP contribution in [-0.4, -0.2) is 29.9 Å². The van der Waals surface area contributed by atoms with E-state index in [0.29, 0.717) is 17.0 Å². The highest BCUT2D eigenvalue weighted by molar-refractivity contribution is 5.99. The normalized spacial score (nSPS) is 21.3. The number of halogens is 3. The SMILES string of the molecule is C=N/C(NC1(C)CC1)=C(\C)C(C(=O)NC1(C(F)(F)F)CC1)=C(C)C. The zero-order chi connectivity index (χ0) is 18.3. The summed E-state index contributed by atoms with van der Waals surface area (Å²) in [7, 11) is 0. The summed E-state index contributed by atoms with van der Waals surface area (Å²) < 4.78 is 39.3. The molecule has 2 N–H and O–H groups in total. The molecule has 2 aliphatic carbocycles. The number of amides is 1. The summed E-state index contributed by atoms with van der Waals surface area (Å²) in [6, 6.07) is 0. The van der Waals surface area contributed by atoms with Crippen molar-refractivity contribution < 1.29 is 18.0 Å². The minimum atomic E-state index is -4.44. The first-order valence-electron chi connectivity index (χ1n) is 7.98. The van der Waals surface area contributed by atoms with Crippen LogP contribution in [0.5, 0.6) is 0 Å². The van der Waals surface area contributed by atoms with E-state index < -0.39 is 17.6 Å². The van der Waals surface area contributed by atoms with Gasteiger partial charge < -0.3 is 10.6 Å². The molecule has 0 aliphatic heterocycles. The Bertz CT molecular complexity index is 619. The van der Waals surface area contributed by atoms with Gasteiger partial charge >= 0.3 is 6.18 Å². The Kier molecular flexibility index (Phi) is 4.59. The Balaban J connectivity index is 2.28. The number of rotatable bonds is 6. The summed E-state index contributed by atoms with van der Waals surface area (Å²) in [5, 5.41) is 5.41. The van der Waals surface area contributed by atoms with Crippen LogP contribution in [0, 0.1) is 0 Å². The molecule has 0 aromatic heterocycles. The molecule has 7 heteroatoms. The van der Waals surface area contributed by atoms with Gasteiger partial charge in [0.1, 0.15) is 11.4 Å². The molecular weight excluding hydrogens is 319 g/mol. The van der Waals surface area contributed by atoms with Crippen LogP contribution in [0.1, 0.15) is 53.4 Å². The zero-order valence-corrected chi connectivity index (χ0v) is 14.5. The molecular formula is C17H24F3N3O. The van der Waals surface area contributed by atoms with E-state index in [9.17, 15) is 18.0 Å². The minimum absolute atomic E-state index is 0.0787. The number of allylic oxidation sites excluding steroid dienone is 1. The van der Waals surface area contributed by atoms with Crippen LogP contribution < -0.4 is 10.6 Å². The number of carbonyl (C=O) groups is 1. The molecule has 0 bridgehead atoms. The largest absolute Gasteiger partial charge is 0.411 e. The summed E-state index contributed by atoms with van der Waals surface area (Å²) in [4.78, 5) is 16.5. The molecule has 1 amide bonds. The standard InChI is InChI=1S/C17H24F3N3O/c1-10(2)12(11(3)13(21-5)22-15(4)6-7-15)14(24)23-16(8-9-16)17(18,19)20/h22H,5-9H2,1-4H3,(H,23,24)/b13-11-. The lowest BCUT2D eigenvalue weighted by Gasteiger charge is -2.23. The first-order valence-corrected chi connectivity index (χ1v) is 7.98. The lowest BCUT2D eigenvalue weighted by Crippen LogP contribution is -2.48. The van der Waals surface area contributed by atoms with Crippen LogP contribution >= 0.6 is 0 Å². The lowest BCUT2D eigenvalue weighted by molar-refractivity contribution is -0.169. The number of hydrogen-bond acceptors (Lipinski definition) is 3. The second-order valence-corrected chi connectivity index (χ2v) is 7.23. The third-order valence-corrected chi connectivity index (χ3v) is 4.68. The third-order valence-electron chi connectivity index (χ3n) is 4.68. The van der Waals surface area contributed by atoms with Crippen molar-refractivity contribution in [2.45, 2.75) is 70.6 Å². The minimum Gasteiger partial charge on any atom is -0.365 e. The average molecular weight is 343 g/mol. The second kappa shape index (κ2) is 5.93. The van der Waals surface area contributed by atoms with E-state index in [1.54, 1.807) is 20.8 Å². The molecule has 2 saturated carbocycles. The molecule has 0 saturated heterocycles. The topological polar surface area (TPSA) is 53.5 Å². The van der Waals surface area contributed by atoms with E-state index in [1.807, 2.05) is 6.92 Å². The smallest absolute Gasteiger partial charge is 0.365 e. The average Bonchev–Trinajstić information content (AvgIpc) is 3.34. The summed E-state index contributed by atoms with van der Waals surface area (Å²) in [6.45, 7) is 10.6. The maximum absolute atomic E-state index is 13.1. The van der Waals surface area contributed by atoms with Crippen LogP contribution in [0.2, 0.25) is 0 Å². The Morgan fingerprint density at radius 3 is 1.96 bits per heavy atom. The van der Waals surface area contributed by atoms with Crippen molar-refractivity contribution in [3.8, 4) is 0 Å². The monoisotopic (exact) mass is 343 g/mol. The van der Waals surface area contributed by atoms with E-state index in [2.05, 4.69) is 22.3 Å². The number of nitrogens with one attached hydrogen (secondary N) is 2. The molecule has 0 heterocycles. The molecule has 2 rings (SSSR count). The van der Waals surface area contributed by atoms with Crippen molar-refractivity contribution in [2.75, 3.05) is 0 Å². The highest BCUT2D eigenvalue weighted by Crippen LogP contribution is 2.49. The van der Waals surface area contributed by atoms with Crippen molar-refractivity contribution >= 4 is 12.6 Å². The summed E-state index contributed by atoms with van der Waals surface area (Å²) in [6.07, 6.45) is -2.64. The fourth-order valence-electron chi connectivity index (χ4n) is 2.63. The van der Waals surface area contributed by atoms with Gasteiger partial charge in [0.2, 0.25) is 0 Å². The van der Waals surface area contributed by atoms with Gasteiger partial charge in [0.15, 0.2) is 0 Å².